The van der Waals surface area contributed by atoms with E-state index in [2.05, 4.69) is 14.9 Å². The third-order valence-corrected chi connectivity index (χ3v) is 6.78. The highest BCUT2D eigenvalue weighted by molar-refractivity contribution is 7.93. The fraction of sp³-hybridized carbons (Fsp3) is 0.333. The molecule has 0 aliphatic carbocycles. The molecule has 0 atom stereocenters. The fourth-order valence-electron chi connectivity index (χ4n) is 2.70. The molecule has 8 heteroatoms. The normalized spacial score (nSPS) is 11.7. The molecule has 0 spiro atoms. The van der Waals surface area contributed by atoms with Gasteiger partial charge in [-0.1, -0.05) is 37.2 Å². The largest absolute Gasteiger partial charge is 0.339 e. The number of nitrogens with one attached hydrogen (secondary N) is 1. The molecule has 0 aliphatic rings. The predicted octanol–water partition coefficient (Wildman–Crippen LogP) is 4.34. The highest BCUT2D eigenvalue weighted by atomic mass is 32.2. The number of anilines is 1. The van der Waals surface area contributed by atoms with Crippen molar-refractivity contribution in [1.29, 1.82) is 0 Å². The van der Waals surface area contributed by atoms with E-state index in [1.165, 1.54) is 11.3 Å². The lowest BCUT2D eigenvalue weighted by atomic mass is 10.1. The first-order valence-electron chi connectivity index (χ1n) is 8.40. The molecule has 0 aliphatic heterocycles. The zero-order chi connectivity index (χ0) is 18.9. The van der Waals surface area contributed by atoms with Crippen molar-refractivity contribution in [2.75, 3.05) is 4.72 Å². The maximum atomic E-state index is 13.0. The Labute approximate surface area is 157 Å². The second-order valence-corrected chi connectivity index (χ2v) is 8.87. The smallest absolute Gasteiger partial charge is 0.263 e. The summed E-state index contributed by atoms with van der Waals surface area (Å²) < 4.78 is 33.8. The van der Waals surface area contributed by atoms with E-state index in [4.69, 9.17) is 4.52 Å². The lowest BCUT2D eigenvalue weighted by Gasteiger charge is -2.14. The number of hydrogen-bond acceptors (Lipinski definition) is 6. The Balaban J connectivity index is 1.98. The van der Waals surface area contributed by atoms with Gasteiger partial charge in [0, 0.05) is 11.3 Å². The number of hydrogen-bond donors (Lipinski definition) is 1. The Kier molecular flexibility index (Phi) is 5.15. The maximum absolute atomic E-state index is 13.0. The molecule has 1 N–H and O–H groups in total. The van der Waals surface area contributed by atoms with Crippen LogP contribution in [-0.2, 0) is 22.9 Å². The molecule has 0 fully saturated rings. The van der Waals surface area contributed by atoms with Gasteiger partial charge < -0.3 is 4.52 Å². The summed E-state index contributed by atoms with van der Waals surface area (Å²) in [4.78, 5) is 5.88. The summed E-state index contributed by atoms with van der Waals surface area (Å²) >= 11 is 1.34. The van der Waals surface area contributed by atoms with Crippen molar-refractivity contribution in [1.82, 2.24) is 10.1 Å². The van der Waals surface area contributed by atoms with E-state index >= 15 is 0 Å². The van der Waals surface area contributed by atoms with Crippen LogP contribution < -0.4 is 4.72 Å². The Morgan fingerprint density at radius 2 is 1.96 bits per heavy atom. The van der Waals surface area contributed by atoms with Crippen molar-refractivity contribution in [3.63, 3.8) is 0 Å². The van der Waals surface area contributed by atoms with Gasteiger partial charge in [0.1, 0.15) is 4.90 Å². The van der Waals surface area contributed by atoms with Crippen LogP contribution >= 0.6 is 11.3 Å². The van der Waals surface area contributed by atoms with E-state index in [9.17, 15) is 8.42 Å². The molecule has 2 aromatic heterocycles. The van der Waals surface area contributed by atoms with Crippen molar-refractivity contribution in [2.45, 2.75) is 45.4 Å². The first kappa shape index (κ1) is 18.6. The number of thiophene rings is 1. The maximum Gasteiger partial charge on any atom is 0.263 e. The van der Waals surface area contributed by atoms with Crippen molar-refractivity contribution in [3.05, 3.63) is 46.2 Å². The van der Waals surface area contributed by atoms with Crippen LogP contribution in [0.3, 0.4) is 0 Å². The second-order valence-electron chi connectivity index (χ2n) is 5.96. The van der Waals surface area contributed by atoms with E-state index in [0.29, 0.717) is 33.6 Å². The molecule has 26 heavy (non-hydrogen) atoms. The molecule has 138 valence electrons. The monoisotopic (exact) mass is 391 g/mol. The molecule has 0 saturated heterocycles. The van der Waals surface area contributed by atoms with E-state index in [0.717, 1.165) is 17.5 Å². The van der Waals surface area contributed by atoms with Crippen LogP contribution in [0, 0.1) is 13.8 Å². The molecule has 0 amide bonds. The number of aryl methyl sites for hydroxylation is 4. The lowest BCUT2D eigenvalue weighted by molar-refractivity contribution is 0.383. The summed E-state index contributed by atoms with van der Waals surface area (Å²) in [7, 11) is -3.71. The molecule has 0 saturated carbocycles. The Morgan fingerprint density at radius 1 is 1.19 bits per heavy atom. The number of nitrogens with zero attached hydrogens (tertiary/aromatic N) is 2. The lowest BCUT2D eigenvalue weighted by Crippen LogP contribution is -2.15. The van der Waals surface area contributed by atoms with Gasteiger partial charge in [0.05, 0.1) is 10.6 Å². The number of benzene rings is 1. The van der Waals surface area contributed by atoms with Crippen LogP contribution in [0.25, 0.3) is 10.7 Å². The van der Waals surface area contributed by atoms with Crippen LogP contribution in [0.5, 0.6) is 0 Å². The predicted molar refractivity (Wildman–Crippen MR) is 103 cm³/mol. The summed E-state index contributed by atoms with van der Waals surface area (Å²) in [5.41, 5.74) is 2.51. The minimum absolute atomic E-state index is 0.241. The van der Waals surface area contributed by atoms with Gasteiger partial charge in [0.15, 0.2) is 0 Å². The van der Waals surface area contributed by atoms with Gasteiger partial charge in [0.2, 0.25) is 11.7 Å². The average molecular weight is 392 g/mol. The van der Waals surface area contributed by atoms with Gasteiger partial charge in [-0.05, 0) is 37.5 Å². The Hall–Kier alpha value is -2.19. The highest BCUT2D eigenvalue weighted by Gasteiger charge is 2.23. The standard InChI is InChI=1S/C18H21N3O3S2/c1-5-13-9-7-8-11(3)17(13)21-26(22,23)15-10-14(25-12(15)4)18-19-16(6-2)24-20-18/h7-10,21H,5-6H2,1-4H3. The van der Waals surface area contributed by atoms with Crippen LogP contribution in [-0.4, -0.2) is 18.6 Å². The summed E-state index contributed by atoms with van der Waals surface area (Å²) in [5, 5.41) is 3.93. The summed E-state index contributed by atoms with van der Waals surface area (Å²) in [6.45, 7) is 7.60. The zero-order valence-electron chi connectivity index (χ0n) is 15.2. The highest BCUT2D eigenvalue weighted by Crippen LogP contribution is 2.34. The number of sulfonamides is 1. The van der Waals surface area contributed by atoms with Gasteiger partial charge in [-0.15, -0.1) is 11.3 Å². The average Bonchev–Trinajstić information content (AvgIpc) is 3.23. The van der Waals surface area contributed by atoms with Gasteiger partial charge in [-0.3, -0.25) is 4.72 Å². The van der Waals surface area contributed by atoms with Gasteiger partial charge in [-0.2, -0.15) is 4.98 Å². The SMILES string of the molecule is CCc1nc(-c2cc(S(=O)(=O)Nc3c(C)cccc3CC)c(C)s2)no1. The molecule has 0 unspecified atom stereocenters. The van der Waals surface area contributed by atoms with Crippen LogP contribution in [0.4, 0.5) is 5.69 Å². The molecular formula is C18H21N3O3S2. The summed E-state index contributed by atoms with van der Waals surface area (Å²) in [5.74, 6) is 0.947. The van der Waals surface area contributed by atoms with Crippen molar-refractivity contribution >= 4 is 27.0 Å². The summed E-state index contributed by atoms with van der Waals surface area (Å²) in [6.07, 6.45) is 1.38. The van der Waals surface area contributed by atoms with Gasteiger partial charge >= 0.3 is 0 Å². The zero-order valence-corrected chi connectivity index (χ0v) is 16.8. The van der Waals surface area contributed by atoms with Crippen molar-refractivity contribution in [2.24, 2.45) is 0 Å². The quantitative estimate of drug-likeness (QED) is 0.675. The van der Waals surface area contributed by atoms with E-state index in [1.807, 2.05) is 39.0 Å². The first-order valence-corrected chi connectivity index (χ1v) is 10.7. The Bertz CT molecular complexity index is 1040. The van der Waals surface area contributed by atoms with Crippen LogP contribution in [0.15, 0.2) is 33.7 Å². The van der Waals surface area contributed by atoms with Gasteiger partial charge in [-0.25, -0.2) is 8.42 Å². The number of rotatable bonds is 6. The molecule has 2 heterocycles. The van der Waals surface area contributed by atoms with E-state index < -0.39 is 10.0 Å². The topological polar surface area (TPSA) is 85.1 Å². The van der Waals surface area contributed by atoms with Crippen molar-refractivity contribution in [3.8, 4) is 10.7 Å². The molecular weight excluding hydrogens is 370 g/mol. The second kappa shape index (κ2) is 7.20. The molecule has 0 bridgehead atoms. The first-order chi connectivity index (χ1) is 12.4. The van der Waals surface area contributed by atoms with Crippen LogP contribution in [0.2, 0.25) is 0 Å². The molecule has 3 aromatic rings. The molecule has 3 rings (SSSR count). The van der Waals surface area contributed by atoms with Crippen molar-refractivity contribution < 1.29 is 12.9 Å². The van der Waals surface area contributed by atoms with Crippen LogP contribution in [0.1, 0.15) is 35.7 Å². The summed E-state index contributed by atoms with van der Waals surface area (Å²) in [6, 6.07) is 7.37. The fourth-order valence-corrected chi connectivity index (χ4v) is 5.39. The third-order valence-electron chi connectivity index (χ3n) is 4.13. The number of aromatic nitrogens is 2. The molecule has 6 nitrogen and oxygen atoms in total. The third kappa shape index (κ3) is 3.52. The Morgan fingerprint density at radius 3 is 2.62 bits per heavy atom. The molecule has 1 aromatic carbocycles. The van der Waals surface area contributed by atoms with E-state index in [1.54, 1.807) is 13.0 Å². The van der Waals surface area contributed by atoms with Gasteiger partial charge in [0.25, 0.3) is 10.0 Å². The molecule has 0 radical (unpaired) electrons. The minimum Gasteiger partial charge on any atom is -0.339 e. The van der Waals surface area contributed by atoms with E-state index in [-0.39, 0.29) is 4.90 Å². The number of para-hydroxylation sites is 1. The minimum atomic E-state index is -3.71.